The second-order valence-electron chi connectivity index (χ2n) is 17.8. The third-order valence-corrected chi connectivity index (χ3v) is 14.1. The van der Waals surface area contributed by atoms with Gasteiger partial charge in [0.1, 0.15) is 18.2 Å². The number of allylic oxidation sites excluding steroid dienone is 14. The second kappa shape index (κ2) is 15.8. The average Bonchev–Trinajstić information content (AvgIpc) is 3.88. The average molecular weight is 808 g/mol. The molecule has 0 amide bonds. The molecule has 2 N–H and O–H groups in total. The minimum absolute atomic E-state index is 0.0472. The van der Waals surface area contributed by atoms with E-state index in [1.54, 1.807) is 0 Å². The number of amidine groups is 1. The molecule has 62 heavy (non-hydrogen) atoms. The van der Waals surface area contributed by atoms with Crippen molar-refractivity contribution >= 4 is 45.5 Å². The number of aromatic nitrogens is 2. The summed E-state index contributed by atoms with van der Waals surface area (Å²) in [4.78, 5) is 5.39. The highest BCUT2D eigenvalue weighted by molar-refractivity contribution is 6.14. The number of rotatable bonds is 7. The maximum Gasteiger partial charge on any atom is 0.125 e. The zero-order valence-electron chi connectivity index (χ0n) is 35.4. The van der Waals surface area contributed by atoms with Crippen LogP contribution in [0.15, 0.2) is 173 Å². The summed E-state index contributed by atoms with van der Waals surface area (Å²) in [6.45, 7) is 0. The Balaban J connectivity index is 0.882. The molecule has 3 heterocycles. The minimum atomic E-state index is -0.0472. The van der Waals surface area contributed by atoms with Gasteiger partial charge in [-0.25, -0.2) is 4.99 Å². The smallest absolute Gasteiger partial charge is 0.125 e. The molecule has 6 aliphatic carbocycles. The molecule has 0 spiro atoms. The number of aliphatic imine (C=N–C) groups is 1. The van der Waals surface area contributed by atoms with Crippen LogP contribution in [0.3, 0.4) is 0 Å². The molecule has 0 radical (unpaired) electrons. The summed E-state index contributed by atoms with van der Waals surface area (Å²) < 4.78 is 5.10. The van der Waals surface area contributed by atoms with Crippen molar-refractivity contribution in [1.29, 1.82) is 0 Å². The van der Waals surface area contributed by atoms with Crippen molar-refractivity contribution in [2.75, 3.05) is 0 Å². The maximum absolute atomic E-state index is 5.39. The Labute approximate surface area is 365 Å². The van der Waals surface area contributed by atoms with Crippen LogP contribution in [-0.4, -0.2) is 27.3 Å². The number of nitrogens with one attached hydrogen (secondary N) is 2. The first-order valence-electron chi connectivity index (χ1n) is 23.1. The molecule has 0 fully saturated rings. The highest BCUT2D eigenvalue weighted by atomic mass is 15.3. The summed E-state index contributed by atoms with van der Waals surface area (Å²) in [5.74, 6) is 1.38. The lowest BCUT2D eigenvalue weighted by Gasteiger charge is -2.36. The van der Waals surface area contributed by atoms with Gasteiger partial charge in [-0.3, -0.25) is 5.32 Å². The SMILES string of the molecule is C1=CCCC(n2c3ccccc3c3cccc(-c4ccc(-n5c6c(c7c5CCC(C5=CCCC(C8N=C(C9C=CC=CC9)NC(C9=CCCC=C9)N8)=C5)=C7)CCC=C6)cc4)c32)=C1. The molecule has 5 aromatic rings. The van der Waals surface area contributed by atoms with E-state index in [0.29, 0.717) is 0 Å². The predicted molar refractivity (Wildman–Crippen MR) is 260 cm³/mol. The molecule has 12 rings (SSSR count). The number of para-hydroxylation sites is 2. The maximum atomic E-state index is 5.39. The van der Waals surface area contributed by atoms with Gasteiger partial charge in [0.2, 0.25) is 0 Å². The van der Waals surface area contributed by atoms with E-state index in [1.165, 1.54) is 89.1 Å². The van der Waals surface area contributed by atoms with Gasteiger partial charge in [-0.15, -0.1) is 0 Å². The Morgan fingerprint density at radius 3 is 2.45 bits per heavy atom. The molecule has 7 aliphatic rings. The van der Waals surface area contributed by atoms with Crippen LogP contribution in [0.25, 0.3) is 56.5 Å². The molecule has 306 valence electrons. The third kappa shape index (κ3) is 6.53. The van der Waals surface area contributed by atoms with Crippen LogP contribution >= 0.6 is 0 Å². The van der Waals surface area contributed by atoms with Crippen molar-refractivity contribution in [3.8, 4) is 16.8 Å². The lowest BCUT2D eigenvalue weighted by atomic mass is 9.85. The fraction of sp³-hybridized carbons (Fsp3) is 0.246. The van der Waals surface area contributed by atoms with E-state index in [9.17, 15) is 0 Å². The quantitative estimate of drug-likeness (QED) is 0.172. The first kappa shape index (κ1) is 37.3. The summed E-state index contributed by atoms with van der Waals surface area (Å²) in [6.07, 6.45) is 46.5. The van der Waals surface area contributed by atoms with E-state index in [4.69, 9.17) is 4.99 Å². The molecule has 3 unspecified atom stereocenters. The zero-order valence-corrected chi connectivity index (χ0v) is 35.4. The Morgan fingerprint density at radius 1 is 0.677 bits per heavy atom. The molecule has 0 saturated heterocycles. The normalized spacial score (nSPS) is 22.9. The highest BCUT2D eigenvalue weighted by Crippen LogP contribution is 2.42. The first-order valence-corrected chi connectivity index (χ1v) is 23.1. The Kier molecular flexibility index (Phi) is 9.51. The van der Waals surface area contributed by atoms with E-state index < -0.39 is 0 Å². The van der Waals surface area contributed by atoms with Gasteiger partial charge in [0.05, 0.1) is 11.0 Å². The standard InChI is InChI=1S/C57H53N5/c1-4-16-39(17-5-1)55-58-56(40-18-6-2-7-19-40)60-57(59-55)43-21-14-20-41(36-43)42-32-35-53-50(37-42)48-25-11-12-28-51(48)61(53)45-33-30-38(31-34-45)46-26-15-27-49-47-24-10-13-29-52(47)62(54(46)49)44-22-8-3-9-23-44/h1,3-6,8,10,12-13,15-16,18-20,22,24,26-31,33-34,36-37,39,56-57,60H,2,7,9,11,14,17,21,23,25,32,35H2,(H,58,59). The molecular formula is C57H53N5. The molecule has 3 atom stereocenters. The van der Waals surface area contributed by atoms with Crippen LogP contribution in [-0.2, 0) is 12.8 Å². The molecule has 1 aliphatic heterocycles. The monoisotopic (exact) mass is 807 g/mol. The van der Waals surface area contributed by atoms with Gasteiger partial charge in [0, 0.05) is 45.0 Å². The van der Waals surface area contributed by atoms with E-state index in [2.05, 4.69) is 178 Å². The first-order chi connectivity index (χ1) is 30.7. The van der Waals surface area contributed by atoms with Crippen LogP contribution in [0.2, 0.25) is 0 Å². The summed E-state index contributed by atoms with van der Waals surface area (Å²) in [6, 6.07) is 25.1. The van der Waals surface area contributed by atoms with Gasteiger partial charge in [-0.1, -0.05) is 121 Å². The number of benzene rings is 3. The molecule has 0 bridgehead atoms. The summed E-state index contributed by atoms with van der Waals surface area (Å²) in [7, 11) is 0. The predicted octanol–water partition coefficient (Wildman–Crippen LogP) is 13.0. The highest BCUT2D eigenvalue weighted by Gasteiger charge is 2.31. The largest absolute Gasteiger partial charge is 0.354 e. The Hall–Kier alpha value is -6.43. The number of nitrogens with zero attached hydrogens (tertiary/aromatic N) is 3. The Bertz CT molecular complexity index is 2990. The van der Waals surface area contributed by atoms with Crippen molar-refractivity contribution in [3.05, 3.63) is 191 Å². The van der Waals surface area contributed by atoms with Gasteiger partial charge >= 0.3 is 0 Å². The zero-order chi connectivity index (χ0) is 41.0. The molecule has 3 aromatic carbocycles. The lowest BCUT2D eigenvalue weighted by molar-refractivity contribution is 0.445. The van der Waals surface area contributed by atoms with Crippen LogP contribution in [0.4, 0.5) is 0 Å². The summed E-state index contributed by atoms with van der Waals surface area (Å²) in [5.41, 5.74) is 19.0. The van der Waals surface area contributed by atoms with Crippen molar-refractivity contribution in [2.24, 2.45) is 10.9 Å². The fourth-order valence-electron chi connectivity index (χ4n) is 11.1. The van der Waals surface area contributed by atoms with Gasteiger partial charge < -0.3 is 14.5 Å². The van der Waals surface area contributed by atoms with Crippen LogP contribution in [0, 0.1) is 5.92 Å². The van der Waals surface area contributed by atoms with E-state index in [-0.39, 0.29) is 18.2 Å². The summed E-state index contributed by atoms with van der Waals surface area (Å²) >= 11 is 0. The van der Waals surface area contributed by atoms with Crippen LogP contribution in [0.5, 0.6) is 0 Å². The Morgan fingerprint density at radius 2 is 1.58 bits per heavy atom. The molecule has 5 heteroatoms. The molecule has 0 saturated carbocycles. The van der Waals surface area contributed by atoms with Gasteiger partial charge in [-0.2, -0.15) is 0 Å². The van der Waals surface area contributed by atoms with Gasteiger partial charge in [-0.05, 0) is 146 Å². The number of hydrogen-bond acceptors (Lipinski definition) is 3. The van der Waals surface area contributed by atoms with Gasteiger partial charge in [0.15, 0.2) is 0 Å². The summed E-state index contributed by atoms with van der Waals surface area (Å²) in [5, 5.41) is 10.3. The molecule has 5 nitrogen and oxygen atoms in total. The minimum Gasteiger partial charge on any atom is -0.354 e. The third-order valence-electron chi connectivity index (χ3n) is 14.1. The fourth-order valence-corrected chi connectivity index (χ4v) is 11.1. The number of fused-ring (bicyclic) bond motifs is 6. The molecule has 2 aromatic heterocycles. The van der Waals surface area contributed by atoms with E-state index in [0.717, 1.165) is 76.5 Å². The van der Waals surface area contributed by atoms with E-state index in [1.807, 2.05) is 0 Å². The van der Waals surface area contributed by atoms with Crippen molar-refractivity contribution in [2.45, 2.75) is 83.0 Å². The topological polar surface area (TPSA) is 46.3 Å². The van der Waals surface area contributed by atoms with E-state index >= 15 is 0 Å². The molecular weight excluding hydrogens is 755 g/mol. The van der Waals surface area contributed by atoms with Crippen molar-refractivity contribution < 1.29 is 0 Å². The van der Waals surface area contributed by atoms with Crippen molar-refractivity contribution in [1.82, 2.24) is 19.8 Å². The van der Waals surface area contributed by atoms with Crippen LogP contribution < -0.4 is 10.6 Å². The number of hydrogen-bond donors (Lipinski definition) is 2. The van der Waals surface area contributed by atoms with Gasteiger partial charge in [0.25, 0.3) is 0 Å². The second-order valence-corrected chi connectivity index (χ2v) is 17.8. The van der Waals surface area contributed by atoms with Crippen molar-refractivity contribution in [3.63, 3.8) is 0 Å². The lowest BCUT2D eigenvalue weighted by Crippen LogP contribution is -2.56. The van der Waals surface area contributed by atoms with Crippen LogP contribution in [0.1, 0.15) is 80.3 Å².